The van der Waals surface area contributed by atoms with E-state index in [-0.39, 0.29) is 18.9 Å². The molecule has 6 nitrogen and oxygen atoms in total. The number of nitriles is 1. The number of esters is 1. The van der Waals surface area contributed by atoms with Gasteiger partial charge in [0, 0.05) is 12.0 Å². The van der Waals surface area contributed by atoms with Crippen LogP contribution in [-0.4, -0.2) is 29.7 Å². The van der Waals surface area contributed by atoms with E-state index in [0.717, 1.165) is 22.3 Å². The van der Waals surface area contributed by atoms with Crippen molar-refractivity contribution < 1.29 is 19.4 Å². The van der Waals surface area contributed by atoms with Crippen LogP contribution in [0.2, 0.25) is 0 Å². The highest BCUT2D eigenvalue weighted by molar-refractivity contribution is 5.95. The van der Waals surface area contributed by atoms with Gasteiger partial charge >= 0.3 is 11.9 Å². The van der Waals surface area contributed by atoms with E-state index in [2.05, 4.69) is 0 Å². The average Bonchev–Trinajstić information content (AvgIpc) is 3.11. The molecule has 0 radical (unpaired) electrons. The van der Waals surface area contributed by atoms with Crippen LogP contribution in [0.15, 0.2) is 72.8 Å². The molecule has 0 fully saturated rings. The van der Waals surface area contributed by atoms with E-state index in [0.29, 0.717) is 11.1 Å². The summed E-state index contributed by atoms with van der Waals surface area (Å²) in [6, 6.07) is 23.6. The topological polar surface area (TPSA) is 113 Å². The van der Waals surface area contributed by atoms with Crippen molar-refractivity contribution in [3.05, 3.63) is 95.1 Å². The molecular weight excluding hydrogens is 404 g/mol. The van der Waals surface area contributed by atoms with Gasteiger partial charge in [-0.25, -0.2) is 0 Å². The van der Waals surface area contributed by atoms with Gasteiger partial charge in [-0.15, -0.1) is 0 Å². The Morgan fingerprint density at radius 1 is 1.00 bits per heavy atom. The Hall–Kier alpha value is -3.95. The van der Waals surface area contributed by atoms with E-state index < -0.39 is 23.9 Å². The molecule has 1 aliphatic rings. The Morgan fingerprint density at radius 2 is 1.62 bits per heavy atom. The molecular formula is C26H22N2O4. The van der Waals surface area contributed by atoms with Crippen molar-refractivity contribution >= 4 is 11.9 Å². The Morgan fingerprint density at radius 3 is 2.22 bits per heavy atom. The fourth-order valence-corrected chi connectivity index (χ4v) is 4.31. The first-order valence-electron chi connectivity index (χ1n) is 10.3. The molecule has 0 heterocycles. The zero-order valence-electron chi connectivity index (χ0n) is 17.3. The van der Waals surface area contributed by atoms with Crippen molar-refractivity contribution in [2.45, 2.75) is 18.4 Å². The number of benzene rings is 3. The third-order valence-electron chi connectivity index (χ3n) is 5.83. The van der Waals surface area contributed by atoms with Crippen LogP contribution < -0.4 is 5.73 Å². The third kappa shape index (κ3) is 4.11. The van der Waals surface area contributed by atoms with Crippen molar-refractivity contribution in [1.82, 2.24) is 0 Å². The minimum absolute atomic E-state index is 0.0350. The predicted octanol–water partition coefficient (Wildman–Crippen LogP) is 3.48. The number of carboxylic acid groups (broad SMARTS) is 1. The van der Waals surface area contributed by atoms with E-state index in [1.807, 2.05) is 54.6 Å². The molecule has 3 aromatic rings. The quantitative estimate of drug-likeness (QED) is 0.442. The molecule has 1 aliphatic carbocycles. The molecule has 32 heavy (non-hydrogen) atoms. The van der Waals surface area contributed by atoms with Crippen LogP contribution in [0.3, 0.4) is 0 Å². The Labute approximate surface area is 185 Å². The zero-order valence-corrected chi connectivity index (χ0v) is 17.3. The minimum atomic E-state index is -1.51. The van der Waals surface area contributed by atoms with Gasteiger partial charge in [0.1, 0.15) is 6.61 Å². The molecule has 0 saturated heterocycles. The van der Waals surface area contributed by atoms with Crippen molar-refractivity contribution in [2.24, 2.45) is 11.7 Å². The lowest BCUT2D eigenvalue weighted by Gasteiger charge is -2.21. The molecule has 4 rings (SSSR count). The summed E-state index contributed by atoms with van der Waals surface area (Å²) in [5, 5.41) is 18.7. The summed E-state index contributed by atoms with van der Waals surface area (Å²) in [7, 11) is 0. The van der Waals surface area contributed by atoms with Gasteiger partial charge in [-0.2, -0.15) is 5.26 Å². The highest BCUT2D eigenvalue weighted by atomic mass is 16.5. The number of hydrogen-bond donors (Lipinski definition) is 2. The highest BCUT2D eigenvalue weighted by Gasteiger charge is 2.36. The molecule has 2 atom stereocenters. The van der Waals surface area contributed by atoms with E-state index in [4.69, 9.17) is 15.7 Å². The fourth-order valence-electron chi connectivity index (χ4n) is 4.31. The number of carboxylic acids is 1. The summed E-state index contributed by atoms with van der Waals surface area (Å²) in [4.78, 5) is 24.6. The molecule has 0 aromatic heterocycles. The maximum atomic E-state index is 12.8. The van der Waals surface area contributed by atoms with Crippen LogP contribution in [0.5, 0.6) is 0 Å². The number of fused-ring (bicyclic) bond motifs is 3. The first-order valence-corrected chi connectivity index (χ1v) is 10.3. The maximum Gasteiger partial charge on any atom is 0.321 e. The number of rotatable bonds is 7. The molecule has 0 spiro atoms. The maximum absolute atomic E-state index is 12.8. The summed E-state index contributed by atoms with van der Waals surface area (Å²) < 4.78 is 5.51. The second-order valence-corrected chi connectivity index (χ2v) is 7.85. The molecule has 6 heteroatoms. The summed E-state index contributed by atoms with van der Waals surface area (Å²) in [5.74, 6) is -3.86. The average molecular weight is 426 g/mol. The molecule has 0 amide bonds. The van der Waals surface area contributed by atoms with Gasteiger partial charge in [-0.3, -0.25) is 9.59 Å². The SMILES string of the molecule is N#Cc1cccc(C[C@@H](N)[C@H](C(=O)O)C(=O)OCC2c3ccccc3-c3ccccc32)c1. The second kappa shape index (κ2) is 9.04. The van der Waals surface area contributed by atoms with Crippen LogP contribution in [0.25, 0.3) is 11.1 Å². The van der Waals surface area contributed by atoms with Gasteiger partial charge in [0.2, 0.25) is 0 Å². The number of nitrogens with two attached hydrogens (primary N) is 1. The number of nitrogens with zero attached hydrogens (tertiary/aromatic N) is 1. The standard InChI is InChI=1S/C26H22N2O4/c27-14-17-7-5-6-16(12-17)13-23(28)24(25(29)30)26(31)32-15-22-20-10-3-1-8-18(20)19-9-2-4-11-21(19)22/h1-12,22-24H,13,15,28H2,(H,29,30)/t23-,24-/m1/s1. The third-order valence-corrected chi connectivity index (χ3v) is 5.83. The number of aliphatic carboxylic acids is 1. The minimum Gasteiger partial charge on any atom is -0.481 e. The Kier molecular flexibility index (Phi) is 6.02. The van der Waals surface area contributed by atoms with Crippen molar-refractivity contribution in [2.75, 3.05) is 6.61 Å². The van der Waals surface area contributed by atoms with Crippen molar-refractivity contribution in [3.63, 3.8) is 0 Å². The van der Waals surface area contributed by atoms with Gasteiger partial charge in [0.05, 0.1) is 11.6 Å². The largest absolute Gasteiger partial charge is 0.481 e. The first kappa shape index (κ1) is 21.3. The molecule has 3 N–H and O–H groups in total. The van der Waals surface area contributed by atoms with Gasteiger partial charge in [-0.1, -0.05) is 60.7 Å². The van der Waals surface area contributed by atoms with E-state index in [1.54, 1.807) is 24.3 Å². The zero-order chi connectivity index (χ0) is 22.7. The molecule has 160 valence electrons. The van der Waals surface area contributed by atoms with Crippen molar-refractivity contribution in [1.29, 1.82) is 5.26 Å². The van der Waals surface area contributed by atoms with Crippen LogP contribution in [0.4, 0.5) is 0 Å². The molecule has 0 unspecified atom stereocenters. The monoisotopic (exact) mass is 426 g/mol. The van der Waals surface area contributed by atoms with Crippen LogP contribution in [0.1, 0.15) is 28.2 Å². The second-order valence-electron chi connectivity index (χ2n) is 7.85. The molecule has 0 aliphatic heterocycles. The molecule has 0 saturated carbocycles. The lowest BCUT2D eigenvalue weighted by molar-refractivity contribution is -0.159. The van der Waals surface area contributed by atoms with E-state index >= 15 is 0 Å². The first-order chi connectivity index (χ1) is 15.5. The van der Waals surface area contributed by atoms with E-state index in [1.165, 1.54) is 0 Å². The van der Waals surface area contributed by atoms with Gasteiger partial charge < -0.3 is 15.6 Å². The predicted molar refractivity (Wildman–Crippen MR) is 119 cm³/mol. The number of hydrogen-bond acceptors (Lipinski definition) is 5. The highest BCUT2D eigenvalue weighted by Crippen LogP contribution is 2.44. The molecule has 3 aromatic carbocycles. The normalized spacial score (nSPS) is 14.0. The summed E-state index contributed by atoms with van der Waals surface area (Å²) in [6.07, 6.45) is 0.136. The van der Waals surface area contributed by atoms with Gasteiger partial charge in [0.25, 0.3) is 0 Å². The van der Waals surface area contributed by atoms with E-state index in [9.17, 15) is 14.7 Å². The smallest absolute Gasteiger partial charge is 0.321 e. The Bertz CT molecular complexity index is 1170. The van der Waals surface area contributed by atoms with Gasteiger partial charge in [0.15, 0.2) is 5.92 Å². The van der Waals surface area contributed by atoms with Crippen LogP contribution in [0, 0.1) is 17.2 Å². The molecule has 0 bridgehead atoms. The fraction of sp³-hybridized carbons (Fsp3) is 0.192. The number of carbonyl (C=O) groups excluding carboxylic acids is 1. The number of ether oxygens (including phenoxy) is 1. The van der Waals surface area contributed by atoms with Crippen molar-refractivity contribution in [3.8, 4) is 17.2 Å². The Balaban J connectivity index is 1.49. The van der Waals surface area contributed by atoms with Gasteiger partial charge in [-0.05, 0) is 46.4 Å². The number of carbonyl (C=O) groups is 2. The summed E-state index contributed by atoms with van der Waals surface area (Å²) in [6.45, 7) is 0.0350. The van der Waals surface area contributed by atoms with Crippen LogP contribution in [-0.2, 0) is 20.7 Å². The van der Waals surface area contributed by atoms with Crippen LogP contribution >= 0.6 is 0 Å². The lowest BCUT2D eigenvalue weighted by atomic mass is 9.93. The lowest BCUT2D eigenvalue weighted by Crippen LogP contribution is -2.43. The summed E-state index contributed by atoms with van der Waals surface area (Å²) >= 11 is 0. The summed E-state index contributed by atoms with van der Waals surface area (Å²) in [5.41, 5.74) is 11.5.